The van der Waals surface area contributed by atoms with Gasteiger partial charge in [0.15, 0.2) is 0 Å². The summed E-state index contributed by atoms with van der Waals surface area (Å²) >= 11 is 0. The van der Waals surface area contributed by atoms with Gasteiger partial charge in [-0.1, -0.05) is 12.1 Å². The van der Waals surface area contributed by atoms with Crippen molar-refractivity contribution in [1.29, 1.82) is 0 Å². The van der Waals surface area contributed by atoms with Gasteiger partial charge in [0.1, 0.15) is 5.60 Å². The minimum Gasteiger partial charge on any atom is -0.466 e. The Bertz CT molecular complexity index is 607. The minimum absolute atomic E-state index is 0.128. The van der Waals surface area contributed by atoms with Crippen LogP contribution in [0, 0.1) is 5.92 Å². The monoisotopic (exact) mass is 362 g/mol. The lowest BCUT2D eigenvalue weighted by molar-refractivity contribution is -0.144. The van der Waals surface area contributed by atoms with Crippen molar-refractivity contribution in [1.82, 2.24) is 5.32 Å². The van der Waals surface area contributed by atoms with Crippen molar-refractivity contribution in [2.75, 3.05) is 25.0 Å². The van der Waals surface area contributed by atoms with Crippen LogP contribution in [0.2, 0.25) is 0 Å². The van der Waals surface area contributed by atoms with E-state index in [1.54, 1.807) is 0 Å². The number of nitrogens with one attached hydrogen (secondary N) is 2. The van der Waals surface area contributed by atoms with Crippen molar-refractivity contribution in [2.24, 2.45) is 5.92 Å². The Labute approximate surface area is 155 Å². The van der Waals surface area contributed by atoms with Crippen LogP contribution in [-0.4, -0.2) is 37.4 Å². The van der Waals surface area contributed by atoms with Crippen molar-refractivity contribution in [3.8, 4) is 0 Å². The van der Waals surface area contributed by atoms with Crippen LogP contribution in [-0.2, 0) is 14.3 Å². The second-order valence-electron chi connectivity index (χ2n) is 7.71. The Morgan fingerprint density at radius 3 is 2.50 bits per heavy atom. The number of benzene rings is 1. The molecule has 26 heavy (non-hydrogen) atoms. The highest BCUT2D eigenvalue weighted by Gasteiger charge is 2.25. The second-order valence-corrected chi connectivity index (χ2v) is 7.71. The predicted molar refractivity (Wildman–Crippen MR) is 101 cm³/mol. The van der Waals surface area contributed by atoms with Gasteiger partial charge in [0.05, 0.1) is 6.61 Å². The average molecular weight is 362 g/mol. The molecule has 0 aromatic heterocycles. The summed E-state index contributed by atoms with van der Waals surface area (Å²) in [4.78, 5) is 23.5. The van der Waals surface area contributed by atoms with Gasteiger partial charge in [0.25, 0.3) is 0 Å². The molecular weight excluding hydrogens is 332 g/mol. The van der Waals surface area contributed by atoms with Crippen LogP contribution in [0.5, 0.6) is 0 Å². The molecule has 1 aromatic carbocycles. The van der Waals surface area contributed by atoms with E-state index in [1.165, 1.54) is 5.56 Å². The number of carbonyl (C=O) groups excluding carboxylic acids is 2. The number of anilines is 1. The number of hydrogen-bond acceptors (Lipinski definition) is 5. The Morgan fingerprint density at radius 1 is 1.19 bits per heavy atom. The summed E-state index contributed by atoms with van der Waals surface area (Å²) in [6, 6.07) is 7.81. The van der Waals surface area contributed by atoms with Crippen molar-refractivity contribution in [2.45, 2.75) is 52.1 Å². The van der Waals surface area contributed by atoms with Gasteiger partial charge in [-0.25, -0.2) is 4.79 Å². The van der Waals surface area contributed by atoms with Crippen LogP contribution in [0.4, 0.5) is 10.5 Å². The third-order valence-electron chi connectivity index (χ3n) is 4.23. The smallest absolute Gasteiger partial charge is 0.412 e. The Hall–Kier alpha value is -2.08. The summed E-state index contributed by atoms with van der Waals surface area (Å²) in [5, 5.41) is 6.15. The van der Waals surface area contributed by atoms with Crippen LogP contribution >= 0.6 is 0 Å². The molecular formula is C20H30N2O4. The van der Waals surface area contributed by atoms with E-state index < -0.39 is 11.7 Å². The van der Waals surface area contributed by atoms with Crippen molar-refractivity contribution in [3.05, 3.63) is 29.8 Å². The maximum atomic E-state index is 11.8. The molecule has 1 saturated heterocycles. The third kappa shape index (κ3) is 6.67. The molecule has 1 aliphatic heterocycles. The third-order valence-corrected chi connectivity index (χ3v) is 4.23. The molecule has 144 valence electrons. The predicted octanol–water partition coefficient (Wildman–Crippen LogP) is 3.68. The standard InChI is InChI=1S/C20H30N2O4/c1-5-25-18(23)11-14-10-16(13-21-12-14)15-6-8-17(9-7-15)22-19(24)26-20(2,3)4/h6-9,14,16,21H,5,10-13H2,1-4H3,(H,22,24). The summed E-state index contributed by atoms with van der Waals surface area (Å²) < 4.78 is 10.3. The number of ether oxygens (including phenoxy) is 2. The van der Waals surface area contributed by atoms with Crippen LogP contribution in [0.25, 0.3) is 0 Å². The van der Waals surface area contributed by atoms with E-state index in [2.05, 4.69) is 10.6 Å². The molecule has 0 spiro atoms. The molecule has 2 atom stereocenters. The molecule has 0 bridgehead atoms. The summed E-state index contributed by atoms with van der Waals surface area (Å²) in [7, 11) is 0. The fraction of sp³-hybridized carbons (Fsp3) is 0.600. The number of amides is 1. The van der Waals surface area contributed by atoms with Gasteiger partial charge < -0.3 is 14.8 Å². The molecule has 0 saturated carbocycles. The first-order chi connectivity index (χ1) is 12.3. The van der Waals surface area contributed by atoms with E-state index in [4.69, 9.17) is 9.47 Å². The lowest BCUT2D eigenvalue weighted by Gasteiger charge is -2.30. The van der Waals surface area contributed by atoms with E-state index in [-0.39, 0.29) is 11.9 Å². The van der Waals surface area contributed by atoms with Gasteiger partial charge in [-0.3, -0.25) is 10.1 Å². The summed E-state index contributed by atoms with van der Waals surface area (Å²) in [6.45, 7) is 9.47. The molecule has 2 N–H and O–H groups in total. The molecule has 6 heteroatoms. The zero-order valence-electron chi connectivity index (χ0n) is 16.1. The maximum Gasteiger partial charge on any atom is 0.412 e. The molecule has 0 radical (unpaired) electrons. The van der Waals surface area contributed by atoms with Gasteiger partial charge in [0.2, 0.25) is 0 Å². The highest BCUT2D eigenvalue weighted by atomic mass is 16.6. The van der Waals surface area contributed by atoms with E-state index in [9.17, 15) is 9.59 Å². The quantitative estimate of drug-likeness (QED) is 0.782. The lowest BCUT2D eigenvalue weighted by atomic mass is 9.84. The maximum absolute atomic E-state index is 11.8. The normalized spacial score (nSPS) is 20.3. The summed E-state index contributed by atoms with van der Waals surface area (Å²) in [5.74, 6) is 0.503. The molecule has 1 fully saturated rings. The first-order valence-corrected chi connectivity index (χ1v) is 9.23. The van der Waals surface area contributed by atoms with Gasteiger partial charge in [0, 0.05) is 18.7 Å². The number of esters is 1. The van der Waals surface area contributed by atoms with Crippen LogP contribution in [0.1, 0.15) is 52.0 Å². The lowest BCUT2D eigenvalue weighted by Crippen LogP contribution is -2.36. The number of rotatable bonds is 5. The van der Waals surface area contributed by atoms with Gasteiger partial charge >= 0.3 is 12.1 Å². The molecule has 1 amide bonds. The zero-order chi connectivity index (χ0) is 19.2. The van der Waals surface area contributed by atoms with Crippen molar-refractivity contribution < 1.29 is 19.1 Å². The minimum atomic E-state index is -0.522. The molecule has 2 unspecified atom stereocenters. The zero-order valence-corrected chi connectivity index (χ0v) is 16.1. The molecule has 1 aromatic rings. The molecule has 2 rings (SSSR count). The largest absolute Gasteiger partial charge is 0.466 e. The average Bonchev–Trinajstić information content (AvgIpc) is 2.54. The fourth-order valence-electron chi connectivity index (χ4n) is 3.16. The van der Waals surface area contributed by atoms with E-state index >= 15 is 0 Å². The van der Waals surface area contributed by atoms with E-state index in [1.807, 2.05) is 52.0 Å². The van der Waals surface area contributed by atoms with Gasteiger partial charge in [-0.15, -0.1) is 0 Å². The molecule has 0 aliphatic carbocycles. The highest BCUT2D eigenvalue weighted by Crippen LogP contribution is 2.29. The number of carbonyl (C=O) groups is 2. The van der Waals surface area contributed by atoms with Crippen molar-refractivity contribution in [3.63, 3.8) is 0 Å². The first-order valence-electron chi connectivity index (χ1n) is 9.23. The highest BCUT2D eigenvalue weighted by molar-refractivity contribution is 5.84. The Balaban J connectivity index is 1.91. The molecule has 1 aliphatic rings. The van der Waals surface area contributed by atoms with Gasteiger partial charge in [-0.05, 0) is 70.2 Å². The van der Waals surface area contributed by atoms with Gasteiger partial charge in [-0.2, -0.15) is 0 Å². The van der Waals surface area contributed by atoms with Crippen LogP contribution in [0.3, 0.4) is 0 Å². The van der Waals surface area contributed by atoms with E-state index in [0.29, 0.717) is 24.6 Å². The topological polar surface area (TPSA) is 76.7 Å². The van der Waals surface area contributed by atoms with Crippen molar-refractivity contribution >= 4 is 17.7 Å². The Kier molecular flexibility index (Phi) is 7.03. The number of hydrogen-bond donors (Lipinski definition) is 2. The van der Waals surface area contributed by atoms with Crippen LogP contribution in [0.15, 0.2) is 24.3 Å². The summed E-state index contributed by atoms with van der Waals surface area (Å²) in [5.41, 5.74) is 1.38. The Morgan fingerprint density at radius 2 is 1.88 bits per heavy atom. The molecule has 1 heterocycles. The molecule has 6 nitrogen and oxygen atoms in total. The fourth-order valence-corrected chi connectivity index (χ4v) is 3.16. The van der Waals surface area contributed by atoms with E-state index in [0.717, 1.165) is 19.5 Å². The first kappa shape index (κ1) is 20.2. The van der Waals surface area contributed by atoms with Crippen LogP contribution < -0.4 is 10.6 Å². The second kappa shape index (κ2) is 9.03. The number of piperidine rings is 1. The summed E-state index contributed by atoms with van der Waals surface area (Å²) in [6.07, 6.45) is 0.944. The SMILES string of the molecule is CCOC(=O)CC1CNCC(c2ccc(NC(=O)OC(C)(C)C)cc2)C1.